The highest BCUT2D eigenvalue weighted by molar-refractivity contribution is 6.76. The highest BCUT2D eigenvalue weighted by Crippen LogP contribution is 2.21. The Balaban J connectivity index is 1.77. The van der Waals surface area contributed by atoms with Gasteiger partial charge in [-0.3, -0.25) is 0 Å². The van der Waals surface area contributed by atoms with E-state index in [0.29, 0.717) is 6.73 Å². The van der Waals surface area contributed by atoms with E-state index in [1.54, 1.807) is 0 Å². The van der Waals surface area contributed by atoms with Gasteiger partial charge in [0.25, 0.3) is 0 Å². The van der Waals surface area contributed by atoms with E-state index in [9.17, 15) is 0 Å². The summed E-state index contributed by atoms with van der Waals surface area (Å²) in [5, 5.41) is 5.91. The highest BCUT2D eigenvalue weighted by Gasteiger charge is 2.13. The summed E-state index contributed by atoms with van der Waals surface area (Å²) < 4.78 is 7.85. The number of ether oxygens (including phenoxy) is 1. The zero-order valence-electron chi connectivity index (χ0n) is 15.3. The van der Waals surface area contributed by atoms with Gasteiger partial charge in [-0.15, -0.1) is 0 Å². The number of aromatic nitrogens is 2. The SMILES string of the molecule is C[Si](C)(C)CCOCn1nc(/C=C/c2ccccc2)c2ccccc21. The van der Waals surface area contributed by atoms with Crippen LogP contribution in [0.3, 0.4) is 0 Å². The van der Waals surface area contributed by atoms with Crippen molar-refractivity contribution in [3.05, 3.63) is 65.9 Å². The number of benzene rings is 2. The first-order valence-corrected chi connectivity index (χ1v) is 12.5. The Labute approximate surface area is 151 Å². The van der Waals surface area contributed by atoms with Crippen LogP contribution in [0.2, 0.25) is 25.7 Å². The minimum Gasteiger partial charge on any atom is -0.360 e. The third-order valence-corrected chi connectivity index (χ3v) is 5.83. The van der Waals surface area contributed by atoms with Crippen LogP contribution in [0, 0.1) is 0 Å². The van der Waals surface area contributed by atoms with Gasteiger partial charge in [0.2, 0.25) is 0 Å². The molecule has 130 valence electrons. The first-order chi connectivity index (χ1) is 12.0. The lowest BCUT2D eigenvalue weighted by Crippen LogP contribution is -2.22. The quantitative estimate of drug-likeness (QED) is 0.414. The zero-order chi connectivity index (χ0) is 17.7. The molecule has 0 saturated heterocycles. The second-order valence-corrected chi connectivity index (χ2v) is 13.1. The molecule has 3 aromatic rings. The molecule has 0 aliphatic heterocycles. The summed E-state index contributed by atoms with van der Waals surface area (Å²) in [4.78, 5) is 0. The monoisotopic (exact) mass is 350 g/mol. The van der Waals surface area contributed by atoms with E-state index in [-0.39, 0.29) is 0 Å². The van der Waals surface area contributed by atoms with Crippen LogP contribution in [0.1, 0.15) is 11.3 Å². The summed E-state index contributed by atoms with van der Waals surface area (Å²) in [6.45, 7) is 8.41. The third-order valence-electron chi connectivity index (χ3n) is 4.13. The molecule has 2 aromatic carbocycles. The molecule has 3 nitrogen and oxygen atoms in total. The van der Waals surface area contributed by atoms with Gasteiger partial charge in [-0.05, 0) is 23.7 Å². The minimum atomic E-state index is -1.06. The first-order valence-electron chi connectivity index (χ1n) is 8.79. The summed E-state index contributed by atoms with van der Waals surface area (Å²) in [5.41, 5.74) is 3.27. The lowest BCUT2D eigenvalue weighted by Gasteiger charge is -2.15. The van der Waals surface area contributed by atoms with Crippen molar-refractivity contribution in [3.8, 4) is 0 Å². The molecule has 1 aromatic heterocycles. The van der Waals surface area contributed by atoms with Crippen LogP contribution in [0.4, 0.5) is 0 Å². The predicted octanol–water partition coefficient (Wildman–Crippen LogP) is 5.52. The molecule has 0 spiro atoms. The fraction of sp³-hybridized carbons (Fsp3) is 0.286. The van der Waals surface area contributed by atoms with E-state index in [2.05, 4.69) is 62.1 Å². The zero-order valence-corrected chi connectivity index (χ0v) is 16.3. The van der Waals surface area contributed by atoms with Crippen molar-refractivity contribution in [1.82, 2.24) is 9.78 Å². The number of hydrogen-bond acceptors (Lipinski definition) is 2. The standard InChI is InChI=1S/C21H26N2OSi/c1-25(2,3)16-15-24-17-23-21-12-8-7-11-19(21)20(22-23)14-13-18-9-5-4-6-10-18/h4-14H,15-17H2,1-3H3/b14-13+. The van der Waals surface area contributed by atoms with Crippen molar-refractivity contribution in [1.29, 1.82) is 0 Å². The lowest BCUT2D eigenvalue weighted by molar-refractivity contribution is 0.0816. The molecule has 0 unspecified atom stereocenters. The van der Waals surface area contributed by atoms with Crippen LogP contribution in [0.5, 0.6) is 0 Å². The molecule has 0 aliphatic carbocycles. The van der Waals surface area contributed by atoms with E-state index in [1.807, 2.05) is 28.9 Å². The van der Waals surface area contributed by atoms with Crippen molar-refractivity contribution in [2.24, 2.45) is 0 Å². The molecule has 4 heteroatoms. The molecule has 0 radical (unpaired) electrons. The molecular weight excluding hydrogens is 324 g/mol. The maximum Gasteiger partial charge on any atom is 0.140 e. The maximum atomic E-state index is 5.89. The molecule has 3 rings (SSSR count). The molecular formula is C21H26N2OSi. The smallest absolute Gasteiger partial charge is 0.140 e. The fourth-order valence-corrected chi connectivity index (χ4v) is 3.40. The molecule has 0 atom stereocenters. The maximum absolute atomic E-state index is 5.89. The van der Waals surface area contributed by atoms with Crippen molar-refractivity contribution in [3.63, 3.8) is 0 Å². The predicted molar refractivity (Wildman–Crippen MR) is 109 cm³/mol. The molecule has 0 bridgehead atoms. The Morgan fingerprint density at radius 2 is 1.68 bits per heavy atom. The van der Waals surface area contributed by atoms with E-state index < -0.39 is 8.07 Å². The molecule has 0 N–H and O–H groups in total. The van der Waals surface area contributed by atoms with Gasteiger partial charge in [-0.1, -0.05) is 74.2 Å². The van der Waals surface area contributed by atoms with Gasteiger partial charge in [-0.25, -0.2) is 4.68 Å². The number of nitrogens with zero attached hydrogens (tertiary/aromatic N) is 2. The second kappa shape index (κ2) is 7.81. The number of rotatable bonds is 7. The molecule has 0 amide bonds. The van der Waals surface area contributed by atoms with Crippen LogP contribution >= 0.6 is 0 Å². The Kier molecular flexibility index (Phi) is 5.51. The summed E-state index contributed by atoms with van der Waals surface area (Å²) in [7, 11) is -1.06. The Morgan fingerprint density at radius 1 is 0.960 bits per heavy atom. The summed E-state index contributed by atoms with van der Waals surface area (Å²) >= 11 is 0. The number of para-hydroxylation sites is 1. The van der Waals surface area contributed by atoms with E-state index in [0.717, 1.165) is 23.2 Å². The second-order valence-electron chi connectivity index (χ2n) is 7.49. The molecule has 0 aliphatic rings. The largest absolute Gasteiger partial charge is 0.360 e. The van der Waals surface area contributed by atoms with E-state index >= 15 is 0 Å². The van der Waals surface area contributed by atoms with Gasteiger partial charge in [0.05, 0.1) is 11.2 Å². The van der Waals surface area contributed by atoms with Crippen molar-refractivity contribution in [2.45, 2.75) is 32.4 Å². The average molecular weight is 351 g/mol. The summed E-state index contributed by atoms with van der Waals surface area (Å²) in [6, 6.07) is 19.8. The van der Waals surface area contributed by atoms with Crippen molar-refractivity contribution < 1.29 is 4.74 Å². The van der Waals surface area contributed by atoms with Gasteiger partial charge in [0.1, 0.15) is 6.73 Å². The molecule has 0 saturated carbocycles. The topological polar surface area (TPSA) is 27.1 Å². The van der Waals surface area contributed by atoms with E-state index in [4.69, 9.17) is 9.84 Å². The van der Waals surface area contributed by atoms with Gasteiger partial charge in [0, 0.05) is 20.1 Å². The molecule has 25 heavy (non-hydrogen) atoms. The van der Waals surface area contributed by atoms with Gasteiger partial charge >= 0.3 is 0 Å². The highest BCUT2D eigenvalue weighted by atomic mass is 28.3. The Hall–Kier alpha value is -2.17. The minimum absolute atomic E-state index is 0.504. The van der Waals surface area contributed by atoms with Crippen LogP contribution in [-0.2, 0) is 11.5 Å². The number of fused-ring (bicyclic) bond motifs is 1. The van der Waals surface area contributed by atoms with Gasteiger partial charge in [-0.2, -0.15) is 5.10 Å². The van der Waals surface area contributed by atoms with Crippen molar-refractivity contribution in [2.75, 3.05) is 6.61 Å². The van der Waals surface area contributed by atoms with Crippen LogP contribution in [0.15, 0.2) is 54.6 Å². The Bertz CT molecular complexity index is 847. The van der Waals surface area contributed by atoms with E-state index in [1.165, 1.54) is 11.6 Å². The molecule has 0 fully saturated rings. The fourth-order valence-electron chi connectivity index (χ4n) is 2.64. The van der Waals surface area contributed by atoms with Crippen molar-refractivity contribution >= 4 is 31.1 Å². The normalized spacial score (nSPS) is 12.3. The van der Waals surface area contributed by atoms with Crippen LogP contribution in [0.25, 0.3) is 23.1 Å². The lowest BCUT2D eigenvalue weighted by atomic mass is 10.1. The molecule has 1 heterocycles. The van der Waals surface area contributed by atoms with Gasteiger partial charge in [0.15, 0.2) is 0 Å². The third kappa shape index (κ3) is 4.90. The average Bonchev–Trinajstić information content (AvgIpc) is 2.95. The summed E-state index contributed by atoms with van der Waals surface area (Å²) in [5.74, 6) is 0. The number of hydrogen-bond donors (Lipinski definition) is 0. The first kappa shape index (κ1) is 17.6. The van der Waals surface area contributed by atoms with Crippen LogP contribution < -0.4 is 0 Å². The van der Waals surface area contributed by atoms with Gasteiger partial charge < -0.3 is 4.74 Å². The Morgan fingerprint density at radius 3 is 2.44 bits per heavy atom. The summed E-state index contributed by atoms with van der Waals surface area (Å²) in [6.07, 6.45) is 4.18. The van der Waals surface area contributed by atoms with Crippen LogP contribution in [-0.4, -0.2) is 24.5 Å².